The molecule has 3 rings (SSSR count). The average molecular weight is 458 g/mol. The number of carbonyl (C=O) groups is 2. The number of amides is 2. The third-order valence-corrected chi connectivity index (χ3v) is 4.69. The monoisotopic (exact) mass is 457 g/mol. The lowest BCUT2D eigenvalue weighted by Crippen LogP contribution is -2.32. The number of carbonyl (C=O) groups excluding carboxylic acids is 2. The predicted molar refractivity (Wildman–Crippen MR) is 133 cm³/mol. The minimum absolute atomic E-state index is 0.0583. The van der Waals surface area contributed by atoms with Crippen molar-refractivity contribution in [2.45, 2.75) is 13.3 Å². The molecule has 0 saturated carbocycles. The van der Waals surface area contributed by atoms with Crippen LogP contribution in [-0.4, -0.2) is 31.7 Å². The molecule has 0 radical (unpaired) electrons. The van der Waals surface area contributed by atoms with Crippen molar-refractivity contribution in [3.05, 3.63) is 101 Å². The van der Waals surface area contributed by atoms with Crippen LogP contribution in [0.15, 0.2) is 89.7 Å². The number of rotatable bonds is 10. The van der Waals surface area contributed by atoms with Gasteiger partial charge < -0.3 is 14.8 Å². The number of nitrogens with zero attached hydrogens (tertiary/aromatic N) is 1. The lowest BCUT2D eigenvalue weighted by Gasteiger charge is -2.10. The summed E-state index contributed by atoms with van der Waals surface area (Å²) in [4.78, 5) is 25.5. The Morgan fingerprint density at radius 3 is 2.18 bits per heavy atom. The van der Waals surface area contributed by atoms with Gasteiger partial charge in [0.15, 0.2) is 0 Å². The molecule has 7 heteroatoms. The van der Waals surface area contributed by atoms with Crippen molar-refractivity contribution in [3.63, 3.8) is 0 Å². The van der Waals surface area contributed by atoms with Crippen molar-refractivity contribution in [1.29, 1.82) is 0 Å². The van der Waals surface area contributed by atoms with Crippen molar-refractivity contribution in [1.82, 2.24) is 10.7 Å². The summed E-state index contributed by atoms with van der Waals surface area (Å²) in [6.07, 6.45) is 4.01. The van der Waals surface area contributed by atoms with E-state index in [2.05, 4.69) is 15.8 Å². The number of ether oxygens (including phenoxy) is 2. The molecule has 0 fully saturated rings. The molecule has 0 bridgehead atoms. The van der Waals surface area contributed by atoms with Crippen LogP contribution in [0.2, 0.25) is 0 Å². The van der Waals surface area contributed by atoms with Gasteiger partial charge in [0.1, 0.15) is 17.2 Å². The smallest absolute Gasteiger partial charge is 0.287 e. The molecule has 34 heavy (non-hydrogen) atoms. The van der Waals surface area contributed by atoms with E-state index in [4.69, 9.17) is 9.47 Å². The van der Waals surface area contributed by atoms with Crippen LogP contribution in [0.25, 0.3) is 6.08 Å². The molecular weight excluding hydrogens is 430 g/mol. The Kier molecular flexibility index (Phi) is 8.99. The van der Waals surface area contributed by atoms with Crippen molar-refractivity contribution in [2.24, 2.45) is 5.10 Å². The van der Waals surface area contributed by atoms with Gasteiger partial charge in [0, 0.05) is 5.56 Å². The molecular formula is C27H27N3O4. The number of hydrogen-bond donors (Lipinski definition) is 2. The van der Waals surface area contributed by atoms with Crippen LogP contribution in [-0.2, 0) is 4.79 Å². The summed E-state index contributed by atoms with van der Waals surface area (Å²) in [5, 5.41) is 6.69. The topological polar surface area (TPSA) is 89.0 Å². The van der Waals surface area contributed by atoms with E-state index in [0.29, 0.717) is 12.2 Å². The maximum absolute atomic E-state index is 12.9. The molecule has 0 spiro atoms. The first-order chi connectivity index (χ1) is 16.6. The van der Waals surface area contributed by atoms with Crippen LogP contribution >= 0.6 is 0 Å². The molecule has 0 unspecified atom stereocenters. The first kappa shape index (κ1) is 24.3. The molecule has 0 atom stereocenters. The van der Waals surface area contributed by atoms with Crippen LogP contribution in [0, 0.1) is 0 Å². The largest absolute Gasteiger partial charge is 0.497 e. The summed E-state index contributed by atoms with van der Waals surface area (Å²) >= 11 is 0. The van der Waals surface area contributed by atoms with Gasteiger partial charge in [-0.3, -0.25) is 9.59 Å². The van der Waals surface area contributed by atoms with Crippen LogP contribution in [0.4, 0.5) is 0 Å². The van der Waals surface area contributed by atoms with Crippen LogP contribution < -0.4 is 20.2 Å². The first-order valence-electron chi connectivity index (χ1n) is 10.9. The van der Waals surface area contributed by atoms with Crippen molar-refractivity contribution >= 4 is 24.1 Å². The molecule has 0 aliphatic carbocycles. The van der Waals surface area contributed by atoms with E-state index in [9.17, 15) is 9.59 Å². The van der Waals surface area contributed by atoms with Crippen LogP contribution in [0.1, 0.15) is 34.8 Å². The van der Waals surface area contributed by atoms with E-state index in [1.54, 1.807) is 49.6 Å². The molecule has 3 aromatic carbocycles. The van der Waals surface area contributed by atoms with Gasteiger partial charge >= 0.3 is 0 Å². The summed E-state index contributed by atoms with van der Waals surface area (Å²) < 4.78 is 10.7. The number of nitrogens with one attached hydrogen (secondary N) is 2. The number of methoxy groups -OCH3 is 1. The number of hydrazone groups is 1. The highest BCUT2D eigenvalue weighted by Crippen LogP contribution is 2.15. The average Bonchev–Trinajstić information content (AvgIpc) is 2.88. The SMILES string of the molecule is CCCOc1ccc(/C=C(\NC(=O)c2ccccc2)C(=O)N/N=C/c2ccc(OC)cc2)cc1. The Hall–Kier alpha value is -4.39. The van der Waals surface area contributed by atoms with Gasteiger partial charge in [-0.15, -0.1) is 0 Å². The summed E-state index contributed by atoms with van der Waals surface area (Å²) in [5.41, 5.74) is 4.47. The second-order valence-corrected chi connectivity index (χ2v) is 7.27. The number of benzene rings is 3. The van der Waals surface area contributed by atoms with Crippen LogP contribution in [0.3, 0.4) is 0 Å². The summed E-state index contributed by atoms with van der Waals surface area (Å²) in [6.45, 7) is 2.66. The lowest BCUT2D eigenvalue weighted by atomic mass is 10.1. The summed E-state index contributed by atoms with van der Waals surface area (Å²) in [6, 6.07) is 23.1. The molecule has 0 aromatic heterocycles. The second-order valence-electron chi connectivity index (χ2n) is 7.27. The molecule has 2 N–H and O–H groups in total. The van der Waals surface area contributed by atoms with E-state index in [-0.39, 0.29) is 5.70 Å². The first-order valence-corrected chi connectivity index (χ1v) is 10.9. The highest BCUT2D eigenvalue weighted by atomic mass is 16.5. The van der Waals surface area contributed by atoms with Gasteiger partial charge in [0.2, 0.25) is 0 Å². The molecule has 0 aliphatic rings. The Balaban J connectivity index is 1.76. The number of hydrogen-bond acceptors (Lipinski definition) is 5. The fraction of sp³-hybridized carbons (Fsp3) is 0.148. The quantitative estimate of drug-likeness (QED) is 0.268. The van der Waals surface area contributed by atoms with Crippen molar-refractivity contribution < 1.29 is 19.1 Å². The Morgan fingerprint density at radius 1 is 0.882 bits per heavy atom. The van der Waals surface area contributed by atoms with Gasteiger partial charge in [-0.05, 0) is 72.2 Å². The van der Waals surface area contributed by atoms with Gasteiger partial charge in [-0.1, -0.05) is 37.3 Å². The Morgan fingerprint density at radius 2 is 1.53 bits per heavy atom. The molecule has 3 aromatic rings. The summed E-state index contributed by atoms with van der Waals surface area (Å²) in [5.74, 6) is 0.507. The van der Waals surface area contributed by atoms with E-state index < -0.39 is 11.8 Å². The minimum atomic E-state index is -0.555. The third-order valence-electron chi connectivity index (χ3n) is 4.69. The lowest BCUT2D eigenvalue weighted by molar-refractivity contribution is -0.117. The zero-order valence-corrected chi connectivity index (χ0v) is 19.2. The predicted octanol–water partition coefficient (Wildman–Crippen LogP) is 4.41. The molecule has 0 saturated heterocycles. The molecule has 0 heterocycles. The zero-order chi connectivity index (χ0) is 24.2. The van der Waals surface area contributed by atoms with Crippen LogP contribution in [0.5, 0.6) is 11.5 Å². The Labute approximate surface area is 199 Å². The minimum Gasteiger partial charge on any atom is -0.497 e. The molecule has 0 aliphatic heterocycles. The highest BCUT2D eigenvalue weighted by Gasteiger charge is 2.14. The second kappa shape index (κ2) is 12.6. The Bertz CT molecular complexity index is 1140. The fourth-order valence-electron chi connectivity index (χ4n) is 2.90. The van der Waals surface area contributed by atoms with Gasteiger partial charge in [0.05, 0.1) is 19.9 Å². The van der Waals surface area contributed by atoms with Crippen molar-refractivity contribution in [2.75, 3.05) is 13.7 Å². The standard InChI is InChI=1S/C27H27N3O4/c1-3-17-34-24-15-9-20(10-16-24)18-25(29-26(31)22-7-5-4-6-8-22)27(32)30-28-19-21-11-13-23(33-2)14-12-21/h4-16,18-19H,3,17H2,1-2H3,(H,29,31)(H,30,32)/b25-18-,28-19+. The van der Waals surface area contributed by atoms with Crippen molar-refractivity contribution in [3.8, 4) is 11.5 Å². The van der Waals surface area contributed by atoms with E-state index >= 15 is 0 Å². The fourth-order valence-corrected chi connectivity index (χ4v) is 2.90. The van der Waals surface area contributed by atoms with Gasteiger partial charge in [-0.25, -0.2) is 5.43 Å². The summed E-state index contributed by atoms with van der Waals surface area (Å²) in [7, 11) is 1.59. The normalized spacial score (nSPS) is 11.2. The van der Waals surface area contributed by atoms with Gasteiger partial charge in [-0.2, -0.15) is 5.10 Å². The van der Waals surface area contributed by atoms with E-state index in [0.717, 1.165) is 29.0 Å². The molecule has 174 valence electrons. The maximum atomic E-state index is 12.9. The van der Waals surface area contributed by atoms with E-state index in [1.165, 1.54) is 6.21 Å². The zero-order valence-electron chi connectivity index (χ0n) is 19.2. The molecule has 2 amide bonds. The van der Waals surface area contributed by atoms with E-state index in [1.807, 2.05) is 49.4 Å². The maximum Gasteiger partial charge on any atom is 0.287 e. The molecule has 7 nitrogen and oxygen atoms in total. The third kappa shape index (κ3) is 7.34. The van der Waals surface area contributed by atoms with Gasteiger partial charge in [0.25, 0.3) is 11.8 Å². The highest BCUT2D eigenvalue weighted by molar-refractivity contribution is 6.05.